The van der Waals surface area contributed by atoms with Gasteiger partial charge in [0.1, 0.15) is 0 Å². The number of urea groups is 1. The summed E-state index contributed by atoms with van der Waals surface area (Å²) >= 11 is 1.45. The van der Waals surface area contributed by atoms with E-state index < -0.39 is 11.6 Å². The number of amides is 3. The zero-order valence-corrected chi connectivity index (χ0v) is 8.57. The van der Waals surface area contributed by atoms with Crippen LogP contribution in [0.25, 0.3) is 0 Å². The second-order valence-electron chi connectivity index (χ2n) is 3.29. The summed E-state index contributed by atoms with van der Waals surface area (Å²) in [7, 11) is 0. The zero-order valence-electron chi connectivity index (χ0n) is 7.75. The minimum Gasteiger partial charge on any atom is -0.318 e. The number of hydrogen-bond donors (Lipinski definition) is 2. The number of hydrogen-bond acceptors (Lipinski definition) is 4. The fraction of sp³-hybridized carbons (Fsp3) is 0.375. The van der Waals surface area contributed by atoms with E-state index in [-0.39, 0.29) is 5.91 Å². The molecular weight excluding hydrogens is 202 g/mol. The third-order valence-electron chi connectivity index (χ3n) is 2.18. The highest BCUT2D eigenvalue weighted by Gasteiger charge is 2.45. The average molecular weight is 211 g/mol. The lowest BCUT2D eigenvalue weighted by Crippen LogP contribution is -2.40. The van der Waals surface area contributed by atoms with Crippen molar-refractivity contribution in [2.45, 2.75) is 19.4 Å². The van der Waals surface area contributed by atoms with Crippen LogP contribution in [0.5, 0.6) is 0 Å². The predicted octanol–water partition coefficient (Wildman–Crippen LogP) is 0.506. The Labute approximate surface area is 84.5 Å². The maximum absolute atomic E-state index is 11.5. The lowest BCUT2D eigenvalue weighted by atomic mass is 10.00. The normalized spacial score (nSPS) is 26.1. The standard InChI is InChI=1S/C8H9N3O2S/c1-4-9-5(3-14-4)8(2)6(12)10-7(13)11-8/h3H,1-2H3,(H2,10,11,12,13). The van der Waals surface area contributed by atoms with Gasteiger partial charge in [-0.05, 0) is 13.8 Å². The van der Waals surface area contributed by atoms with E-state index in [4.69, 9.17) is 0 Å². The first kappa shape index (κ1) is 9.14. The molecule has 1 unspecified atom stereocenters. The maximum atomic E-state index is 11.5. The van der Waals surface area contributed by atoms with Crippen LogP contribution in [0.1, 0.15) is 17.6 Å². The smallest absolute Gasteiger partial charge is 0.318 e. The van der Waals surface area contributed by atoms with E-state index in [9.17, 15) is 9.59 Å². The van der Waals surface area contributed by atoms with Crippen molar-refractivity contribution in [3.8, 4) is 0 Å². The molecule has 0 saturated carbocycles. The van der Waals surface area contributed by atoms with Gasteiger partial charge in [0.15, 0.2) is 5.54 Å². The van der Waals surface area contributed by atoms with Gasteiger partial charge >= 0.3 is 6.03 Å². The van der Waals surface area contributed by atoms with Gasteiger partial charge in [0.2, 0.25) is 0 Å². The van der Waals surface area contributed by atoms with Crippen LogP contribution in [-0.2, 0) is 10.3 Å². The molecule has 14 heavy (non-hydrogen) atoms. The molecule has 1 aliphatic rings. The molecule has 1 fully saturated rings. The van der Waals surface area contributed by atoms with Crippen LogP contribution in [-0.4, -0.2) is 16.9 Å². The number of carbonyl (C=O) groups is 2. The van der Waals surface area contributed by atoms with Crippen molar-refractivity contribution in [3.63, 3.8) is 0 Å². The maximum Gasteiger partial charge on any atom is 0.322 e. The lowest BCUT2D eigenvalue weighted by Gasteiger charge is -2.17. The van der Waals surface area contributed by atoms with E-state index in [1.807, 2.05) is 6.92 Å². The third kappa shape index (κ3) is 1.19. The highest BCUT2D eigenvalue weighted by atomic mass is 32.1. The summed E-state index contributed by atoms with van der Waals surface area (Å²) < 4.78 is 0. The van der Waals surface area contributed by atoms with Crippen molar-refractivity contribution in [1.29, 1.82) is 0 Å². The molecule has 0 bridgehead atoms. The number of nitrogens with zero attached hydrogens (tertiary/aromatic N) is 1. The van der Waals surface area contributed by atoms with Crippen molar-refractivity contribution in [3.05, 3.63) is 16.1 Å². The van der Waals surface area contributed by atoms with Gasteiger partial charge in [-0.3, -0.25) is 10.1 Å². The Bertz CT molecular complexity index is 414. The van der Waals surface area contributed by atoms with Crippen LogP contribution in [0.2, 0.25) is 0 Å². The van der Waals surface area contributed by atoms with Gasteiger partial charge in [-0.25, -0.2) is 9.78 Å². The van der Waals surface area contributed by atoms with Crippen LogP contribution >= 0.6 is 11.3 Å². The van der Waals surface area contributed by atoms with Crippen LogP contribution < -0.4 is 10.6 Å². The van der Waals surface area contributed by atoms with Gasteiger partial charge in [-0.1, -0.05) is 0 Å². The molecule has 0 radical (unpaired) electrons. The summed E-state index contributed by atoms with van der Waals surface area (Å²) in [4.78, 5) is 26.7. The fourth-order valence-corrected chi connectivity index (χ4v) is 2.04. The first-order chi connectivity index (χ1) is 6.52. The van der Waals surface area contributed by atoms with E-state index >= 15 is 0 Å². The number of nitrogens with one attached hydrogen (secondary N) is 2. The van der Waals surface area contributed by atoms with Crippen molar-refractivity contribution >= 4 is 23.3 Å². The van der Waals surface area contributed by atoms with Crippen LogP contribution in [0.15, 0.2) is 5.38 Å². The summed E-state index contributed by atoms with van der Waals surface area (Å²) in [5, 5.41) is 7.39. The van der Waals surface area contributed by atoms with Crippen LogP contribution in [0.4, 0.5) is 4.79 Å². The van der Waals surface area contributed by atoms with E-state index in [2.05, 4.69) is 15.6 Å². The summed E-state index contributed by atoms with van der Waals surface area (Å²) in [6, 6.07) is -0.469. The van der Waals surface area contributed by atoms with Crippen molar-refractivity contribution in [2.24, 2.45) is 0 Å². The number of aryl methyl sites for hydroxylation is 1. The van der Waals surface area contributed by atoms with Crippen molar-refractivity contribution < 1.29 is 9.59 Å². The quantitative estimate of drug-likeness (QED) is 0.665. The third-order valence-corrected chi connectivity index (χ3v) is 2.95. The summed E-state index contributed by atoms with van der Waals surface area (Å²) in [5.74, 6) is -0.354. The Hall–Kier alpha value is -1.43. The van der Waals surface area contributed by atoms with E-state index in [0.29, 0.717) is 5.69 Å². The molecular formula is C8H9N3O2S. The molecule has 0 aliphatic carbocycles. The molecule has 0 spiro atoms. The van der Waals surface area contributed by atoms with Crippen molar-refractivity contribution in [2.75, 3.05) is 0 Å². The summed E-state index contributed by atoms with van der Waals surface area (Å²) in [6.07, 6.45) is 0. The monoisotopic (exact) mass is 211 g/mol. The predicted molar refractivity (Wildman–Crippen MR) is 50.9 cm³/mol. The van der Waals surface area contributed by atoms with Gasteiger partial charge in [-0.2, -0.15) is 0 Å². The Morgan fingerprint density at radius 2 is 2.21 bits per heavy atom. The molecule has 5 nitrogen and oxygen atoms in total. The molecule has 2 N–H and O–H groups in total. The Balaban J connectivity index is 2.42. The number of rotatable bonds is 1. The van der Waals surface area contributed by atoms with E-state index in [1.54, 1.807) is 12.3 Å². The van der Waals surface area contributed by atoms with Gasteiger partial charge < -0.3 is 5.32 Å². The number of aromatic nitrogens is 1. The Kier molecular flexibility index (Phi) is 1.81. The van der Waals surface area contributed by atoms with Crippen molar-refractivity contribution in [1.82, 2.24) is 15.6 Å². The number of imide groups is 1. The van der Waals surface area contributed by atoms with Gasteiger partial charge in [-0.15, -0.1) is 11.3 Å². The average Bonchev–Trinajstić information content (AvgIpc) is 2.59. The molecule has 3 amide bonds. The lowest BCUT2D eigenvalue weighted by molar-refractivity contribution is -0.123. The second-order valence-corrected chi connectivity index (χ2v) is 4.35. The molecule has 1 saturated heterocycles. The van der Waals surface area contributed by atoms with Gasteiger partial charge in [0, 0.05) is 5.38 Å². The molecule has 1 aromatic rings. The Morgan fingerprint density at radius 3 is 2.64 bits per heavy atom. The molecule has 1 aromatic heterocycles. The van der Waals surface area contributed by atoms with E-state index in [0.717, 1.165) is 5.01 Å². The van der Waals surface area contributed by atoms with Gasteiger partial charge in [0.05, 0.1) is 10.7 Å². The molecule has 2 rings (SSSR count). The SMILES string of the molecule is Cc1nc(C2(C)NC(=O)NC2=O)cs1. The summed E-state index contributed by atoms with van der Waals surface area (Å²) in [5.41, 5.74) is -0.426. The minimum atomic E-state index is -1.01. The second kappa shape index (κ2) is 2.78. The molecule has 1 atom stereocenters. The van der Waals surface area contributed by atoms with Crippen LogP contribution in [0, 0.1) is 6.92 Å². The molecule has 0 aromatic carbocycles. The topological polar surface area (TPSA) is 71.1 Å². The fourth-order valence-electron chi connectivity index (χ4n) is 1.32. The molecule has 1 aliphatic heterocycles. The zero-order chi connectivity index (χ0) is 10.3. The number of carbonyl (C=O) groups excluding carboxylic acids is 2. The van der Waals surface area contributed by atoms with Crippen LogP contribution in [0.3, 0.4) is 0 Å². The molecule has 74 valence electrons. The molecule has 2 heterocycles. The van der Waals surface area contributed by atoms with Gasteiger partial charge in [0.25, 0.3) is 5.91 Å². The Morgan fingerprint density at radius 1 is 1.50 bits per heavy atom. The highest BCUT2D eigenvalue weighted by molar-refractivity contribution is 7.09. The minimum absolute atomic E-state index is 0.354. The first-order valence-corrected chi connectivity index (χ1v) is 4.96. The van der Waals surface area contributed by atoms with E-state index in [1.165, 1.54) is 11.3 Å². The molecule has 6 heteroatoms. The number of thiazole rings is 1. The first-order valence-electron chi connectivity index (χ1n) is 4.08. The highest BCUT2D eigenvalue weighted by Crippen LogP contribution is 2.25. The largest absolute Gasteiger partial charge is 0.322 e. The summed E-state index contributed by atoms with van der Waals surface area (Å²) in [6.45, 7) is 3.49.